The van der Waals surface area contributed by atoms with E-state index in [9.17, 15) is 0 Å². The number of benzene rings is 1. The van der Waals surface area contributed by atoms with Gasteiger partial charge in [0.1, 0.15) is 5.03 Å². The van der Waals surface area contributed by atoms with Crippen molar-refractivity contribution in [3.05, 3.63) is 52.7 Å². The van der Waals surface area contributed by atoms with Crippen LogP contribution in [0.2, 0.25) is 0 Å². The molecule has 0 aliphatic heterocycles. The Morgan fingerprint density at radius 2 is 1.89 bits per heavy atom. The lowest BCUT2D eigenvalue weighted by Crippen LogP contribution is -1.98. The Labute approximate surface area is 113 Å². The molecule has 0 atom stereocenters. The first-order chi connectivity index (χ1) is 8.58. The standard InChI is InChI=1S/C15H18N2S/c1-10-4-5-11(2)14(6-10)18-15-8-13(9-16)7-12(3)17-15/h4-8H,9,16H2,1-3H3. The van der Waals surface area contributed by atoms with E-state index >= 15 is 0 Å². The Bertz CT molecular complexity index is 564. The van der Waals surface area contributed by atoms with Crippen molar-refractivity contribution in [1.29, 1.82) is 0 Å². The quantitative estimate of drug-likeness (QED) is 0.914. The van der Waals surface area contributed by atoms with Gasteiger partial charge in [-0.2, -0.15) is 0 Å². The Balaban J connectivity index is 2.33. The summed E-state index contributed by atoms with van der Waals surface area (Å²) in [5, 5.41) is 1.02. The van der Waals surface area contributed by atoms with Gasteiger partial charge in [-0.05, 0) is 55.7 Å². The van der Waals surface area contributed by atoms with Crippen LogP contribution in [0, 0.1) is 20.8 Å². The van der Waals surface area contributed by atoms with E-state index in [0.29, 0.717) is 6.54 Å². The number of rotatable bonds is 3. The second-order valence-electron chi connectivity index (χ2n) is 4.53. The molecule has 0 unspecified atom stereocenters. The third-order valence-corrected chi connectivity index (χ3v) is 3.86. The number of hydrogen-bond acceptors (Lipinski definition) is 3. The number of pyridine rings is 1. The SMILES string of the molecule is Cc1ccc(C)c(Sc2cc(CN)cc(C)n2)c1. The van der Waals surface area contributed by atoms with Crippen molar-refractivity contribution in [2.45, 2.75) is 37.2 Å². The van der Waals surface area contributed by atoms with Crippen molar-refractivity contribution >= 4 is 11.8 Å². The lowest BCUT2D eigenvalue weighted by molar-refractivity contribution is 0.986. The first-order valence-electron chi connectivity index (χ1n) is 6.01. The summed E-state index contributed by atoms with van der Waals surface area (Å²) in [6.07, 6.45) is 0. The molecule has 1 heterocycles. The number of nitrogens with two attached hydrogens (primary N) is 1. The number of aromatic nitrogens is 1. The van der Waals surface area contributed by atoms with Gasteiger partial charge in [0.05, 0.1) is 0 Å². The van der Waals surface area contributed by atoms with Crippen molar-refractivity contribution in [1.82, 2.24) is 4.98 Å². The van der Waals surface area contributed by atoms with Gasteiger partial charge in [0, 0.05) is 17.1 Å². The van der Waals surface area contributed by atoms with E-state index in [1.54, 1.807) is 11.8 Å². The molecule has 0 saturated carbocycles. The summed E-state index contributed by atoms with van der Waals surface area (Å²) in [5.41, 5.74) is 10.4. The molecule has 3 heteroatoms. The van der Waals surface area contributed by atoms with Crippen molar-refractivity contribution in [2.75, 3.05) is 0 Å². The maximum Gasteiger partial charge on any atom is 0.101 e. The number of nitrogens with zero attached hydrogens (tertiary/aromatic N) is 1. The highest BCUT2D eigenvalue weighted by atomic mass is 32.2. The summed E-state index contributed by atoms with van der Waals surface area (Å²) in [6.45, 7) is 6.80. The highest BCUT2D eigenvalue weighted by molar-refractivity contribution is 7.99. The van der Waals surface area contributed by atoms with Gasteiger partial charge in [0.2, 0.25) is 0 Å². The van der Waals surface area contributed by atoms with Crippen molar-refractivity contribution in [2.24, 2.45) is 5.73 Å². The predicted octanol–water partition coefficient (Wildman–Crippen LogP) is 3.62. The molecule has 0 amide bonds. The minimum absolute atomic E-state index is 0.559. The molecule has 18 heavy (non-hydrogen) atoms. The Hall–Kier alpha value is -1.32. The smallest absolute Gasteiger partial charge is 0.101 e. The molecule has 0 fully saturated rings. The van der Waals surface area contributed by atoms with Crippen LogP contribution >= 0.6 is 11.8 Å². The molecule has 2 aromatic rings. The highest BCUT2D eigenvalue weighted by Gasteiger charge is 2.05. The van der Waals surface area contributed by atoms with Crippen LogP contribution in [0.1, 0.15) is 22.4 Å². The molecule has 2 nitrogen and oxygen atoms in total. The molecular formula is C15H18N2S. The number of hydrogen-bond donors (Lipinski definition) is 1. The second-order valence-corrected chi connectivity index (χ2v) is 5.59. The van der Waals surface area contributed by atoms with Crippen LogP contribution < -0.4 is 5.73 Å². The highest BCUT2D eigenvalue weighted by Crippen LogP contribution is 2.30. The molecule has 2 rings (SSSR count). The summed E-state index contributed by atoms with van der Waals surface area (Å²) < 4.78 is 0. The molecule has 1 aromatic carbocycles. The summed E-state index contributed by atoms with van der Waals surface area (Å²) in [5.74, 6) is 0. The van der Waals surface area contributed by atoms with Crippen LogP contribution in [0.4, 0.5) is 0 Å². The van der Waals surface area contributed by atoms with E-state index in [1.165, 1.54) is 16.0 Å². The van der Waals surface area contributed by atoms with E-state index in [2.05, 4.69) is 43.1 Å². The first kappa shape index (κ1) is 13.1. The van der Waals surface area contributed by atoms with Gasteiger partial charge in [-0.25, -0.2) is 4.98 Å². The Morgan fingerprint density at radius 1 is 1.11 bits per heavy atom. The molecule has 2 N–H and O–H groups in total. The fraction of sp³-hybridized carbons (Fsp3) is 0.267. The molecule has 0 bridgehead atoms. The van der Waals surface area contributed by atoms with E-state index in [-0.39, 0.29) is 0 Å². The zero-order valence-electron chi connectivity index (χ0n) is 11.0. The van der Waals surface area contributed by atoms with Crippen LogP contribution in [0.3, 0.4) is 0 Å². The fourth-order valence-electron chi connectivity index (χ4n) is 1.81. The summed E-state index contributed by atoms with van der Waals surface area (Å²) >= 11 is 1.71. The zero-order chi connectivity index (χ0) is 13.1. The summed E-state index contributed by atoms with van der Waals surface area (Å²) in [6, 6.07) is 10.6. The third kappa shape index (κ3) is 3.12. The normalized spacial score (nSPS) is 10.7. The van der Waals surface area contributed by atoms with E-state index in [4.69, 9.17) is 5.73 Å². The molecule has 0 aliphatic rings. The van der Waals surface area contributed by atoms with Crippen molar-refractivity contribution in [3.63, 3.8) is 0 Å². The van der Waals surface area contributed by atoms with Crippen LogP contribution in [0.15, 0.2) is 40.3 Å². The zero-order valence-corrected chi connectivity index (χ0v) is 11.8. The summed E-state index contributed by atoms with van der Waals surface area (Å²) in [7, 11) is 0. The van der Waals surface area contributed by atoms with Crippen LogP contribution in [0.5, 0.6) is 0 Å². The molecule has 0 radical (unpaired) electrons. The van der Waals surface area contributed by atoms with E-state index < -0.39 is 0 Å². The van der Waals surface area contributed by atoms with Gasteiger partial charge in [0.25, 0.3) is 0 Å². The predicted molar refractivity (Wildman–Crippen MR) is 76.9 cm³/mol. The second kappa shape index (κ2) is 5.55. The molecule has 1 aromatic heterocycles. The van der Waals surface area contributed by atoms with Crippen LogP contribution in [-0.2, 0) is 6.54 Å². The maximum absolute atomic E-state index is 5.70. The van der Waals surface area contributed by atoms with Gasteiger partial charge in [-0.1, -0.05) is 23.9 Å². The van der Waals surface area contributed by atoms with Crippen molar-refractivity contribution < 1.29 is 0 Å². The fourth-order valence-corrected chi connectivity index (χ4v) is 2.91. The van der Waals surface area contributed by atoms with Crippen LogP contribution in [-0.4, -0.2) is 4.98 Å². The third-order valence-electron chi connectivity index (χ3n) is 2.78. The minimum atomic E-state index is 0.559. The topological polar surface area (TPSA) is 38.9 Å². The molecule has 0 aliphatic carbocycles. The average molecular weight is 258 g/mol. The molecular weight excluding hydrogens is 240 g/mol. The van der Waals surface area contributed by atoms with Gasteiger partial charge in [0.15, 0.2) is 0 Å². The lowest BCUT2D eigenvalue weighted by Gasteiger charge is -2.08. The van der Waals surface area contributed by atoms with Crippen LogP contribution in [0.25, 0.3) is 0 Å². The van der Waals surface area contributed by atoms with Gasteiger partial charge in [-0.15, -0.1) is 0 Å². The largest absolute Gasteiger partial charge is 0.326 e. The van der Waals surface area contributed by atoms with Crippen molar-refractivity contribution in [3.8, 4) is 0 Å². The maximum atomic E-state index is 5.70. The van der Waals surface area contributed by atoms with Gasteiger partial charge >= 0.3 is 0 Å². The molecule has 0 saturated heterocycles. The molecule has 0 spiro atoms. The summed E-state index contributed by atoms with van der Waals surface area (Å²) in [4.78, 5) is 5.82. The first-order valence-corrected chi connectivity index (χ1v) is 6.83. The van der Waals surface area contributed by atoms with E-state index in [1.807, 2.05) is 13.0 Å². The minimum Gasteiger partial charge on any atom is -0.326 e. The Kier molecular flexibility index (Phi) is 4.04. The average Bonchev–Trinajstić information content (AvgIpc) is 2.33. The number of aryl methyl sites for hydroxylation is 3. The van der Waals surface area contributed by atoms with Gasteiger partial charge in [-0.3, -0.25) is 0 Å². The Morgan fingerprint density at radius 3 is 2.61 bits per heavy atom. The monoisotopic (exact) mass is 258 g/mol. The lowest BCUT2D eigenvalue weighted by atomic mass is 10.2. The molecule has 94 valence electrons. The van der Waals surface area contributed by atoms with E-state index in [0.717, 1.165) is 16.3 Å². The van der Waals surface area contributed by atoms with Gasteiger partial charge < -0.3 is 5.73 Å².